The number of rotatable bonds is 7. The molecule has 0 saturated carbocycles. The van der Waals surface area contributed by atoms with Crippen LogP contribution in [-0.2, 0) is 11.3 Å². The molecule has 0 aliphatic rings. The van der Waals surface area contributed by atoms with Gasteiger partial charge in [-0.25, -0.2) is 0 Å². The smallest absolute Gasteiger partial charge is 0.222 e. The van der Waals surface area contributed by atoms with Crippen LogP contribution in [0.2, 0.25) is 0 Å². The van der Waals surface area contributed by atoms with Crippen LogP contribution in [0.15, 0.2) is 59.5 Å². The molecule has 6 heteroatoms. The fraction of sp³-hybridized carbons (Fsp3) is 0.318. The van der Waals surface area contributed by atoms with E-state index in [1.165, 1.54) is 6.20 Å². The van der Waals surface area contributed by atoms with Gasteiger partial charge in [-0.3, -0.25) is 14.3 Å². The van der Waals surface area contributed by atoms with E-state index >= 15 is 0 Å². The van der Waals surface area contributed by atoms with Gasteiger partial charge < -0.3 is 10.1 Å². The number of methoxy groups -OCH3 is 1. The zero-order valence-corrected chi connectivity index (χ0v) is 16.4. The lowest BCUT2D eigenvalue weighted by molar-refractivity contribution is -0.122. The Hall–Kier alpha value is -3.15. The van der Waals surface area contributed by atoms with Crippen LogP contribution in [0.25, 0.3) is 10.9 Å². The van der Waals surface area contributed by atoms with Gasteiger partial charge in [0, 0.05) is 11.8 Å². The zero-order valence-electron chi connectivity index (χ0n) is 16.4. The molecule has 0 aliphatic heterocycles. The van der Waals surface area contributed by atoms with Crippen molar-refractivity contribution in [2.24, 2.45) is 5.92 Å². The third-order valence-electron chi connectivity index (χ3n) is 4.77. The summed E-state index contributed by atoms with van der Waals surface area (Å²) in [5.41, 5.74) is 1.66. The van der Waals surface area contributed by atoms with E-state index in [4.69, 9.17) is 4.74 Å². The van der Waals surface area contributed by atoms with Gasteiger partial charge >= 0.3 is 0 Å². The Labute approximate surface area is 164 Å². The average molecular weight is 379 g/mol. The number of carbonyl (C=O) groups is 1. The number of ether oxygens (including phenoxy) is 1. The molecule has 1 atom stereocenters. The number of hydrogen-bond donors (Lipinski definition) is 1. The van der Waals surface area contributed by atoms with Crippen molar-refractivity contribution in [1.29, 1.82) is 0 Å². The number of aryl methyl sites for hydroxylation is 1. The molecular weight excluding hydrogens is 354 g/mol. The quantitative estimate of drug-likeness (QED) is 0.684. The van der Waals surface area contributed by atoms with Gasteiger partial charge in [-0.2, -0.15) is 5.10 Å². The highest BCUT2D eigenvalue weighted by Gasteiger charge is 2.18. The second-order valence-corrected chi connectivity index (χ2v) is 7.06. The van der Waals surface area contributed by atoms with Crippen molar-refractivity contribution in [3.63, 3.8) is 0 Å². The molecule has 0 radical (unpaired) electrons. The van der Waals surface area contributed by atoms with Gasteiger partial charge in [0.2, 0.25) is 11.3 Å². The van der Waals surface area contributed by atoms with Crippen LogP contribution in [-0.4, -0.2) is 22.8 Å². The van der Waals surface area contributed by atoms with E-state index in [2.05, 4.69) is 24.3 Å². The molecule has 0 bridgehead atoms. The molecule has 28 heavy (non-hydrogen) atoms. The summed E-state index contributed by atoms with van der Waals surface area (Å²) in [5, 5.41) is 7.91. The summed E-state index contributed by atoms with van der Waals surface area (Å²) in [7, 11) is 1.63. The maximum atomic E-state index is 12.6. The highest BCUT2D eigenvalue weighted by Crippen LogP contribution is 2.24. The van der Waals surface area contributed by atoms with Crippen LogP contribution in [0.4, 0.5) is 0 Å². The van der Waals surface area contributed by atoms with Crippen LogP contribution in [0, 0.1) is 5.92 Å². The normalized spacial score (nSPS) is 12.1. The summed E-state index contributed by atoms with van der Waals surface area (Å²) in [6.45, 7) is 4.55. The Morgan fingerprint density at radius 2 is 1.86 bits per heavy atom. The number of hydrogen-bond acceptors (Lipinski definition) is 4. The Bertz CT molecular complexity index is 1010. The number of carbonyl (C=O) groups excluding carboxylic acids is 1. The zero-order chi connectivity index (χ0) is 20.1. The first-order chi connectivity index (χ1) is 13.5. The highest BCUT2D eigenvalue weighted by atomic mass is 16.5. The monoisotopic (exact) mass is 379 g/mol. The largest absolute Gasteiger partial charge is 0.497 e. The molecule has 6 nitrogen and oxygen atoms in total. The number of amides is 1. The third kappa shape index (κ3) is 4.39. The van der Waals surface area contributed by atoms with Crippen molar-refractivity contribution < 1.29 is 9.53 Å². The number of nitrogens with one attached hydrogen (secondary N) is 1. The second kappa shape index (κ2) is 8.69. The van der Waals surface area contributed by atoms with Crippen molar-refractivity contribution in [2.45, 2.75) is 32.9 Å². The molecule has 3 aromatic rings. The molecule has 0 fully saturated rings. The molecule has 146 valence electrons. The SMILES string of the molecule is COc1ccc(C(NC(=O)CCn2ncc(=O)c3ccccc32)C(C)C)cc1. The maximum Gasteiger partial charge on any atom is 0.222 e. The molecule has 1 amide bonds. The summed E-state index contributed by atoms with van der Waals surface area (Å²) in [6, 6.07) is 14.9. The fourth-order valence-corrected chi connectivity index (χ4v) is 3.24. The minimum Gasteiger partial charge on any atom is -0.497 e. The molecular formula is C22H25N3O3. The Kier molecular flexibility index (Phi) is 6.09. The highest BCUT2D eigenvalue weighted by molar-refractivity contribution is 5.79. The lowest BCUT2D eigenvalue weighted by Crippen LogP contribution is -2.32. The average Bonchev–Trinajstić information content (AvgIpc) is 2.71. The second-order valence-electron chi connectivity index (χ2n) is 7.06. The van der Waals surface area contributed by atoms with Crippen molar-refractivity contribution in [1.82, 2.24) is 15.1 Å². The Morgan fingerprint density at radius 1 is 1.14 bits per heavy atom. The van der Waals surface area contributed by atoms with Crippen molar-refractivity contribution in [3.8, 4) is 5.75 Å². The van der Waals surface area contributed by atoms with Crippen LogP contribution >= 0.6 is 0 Å². The van der Waals surface area contributed by atoms with Crippen LogP contribution in [0.1, 0.15) is 31.9 Å². The predicted octanol–water partition coefficient (Wildman–Crippen LogP) is 3.31. The first-order valence-corrected chi connectivity index (χ1v) is 9.37. The van der Waals surface area contributed by atoms with Gasteiger partial charge in [0.1, 0.15) is 5.75 Å². The Morgan fingerprint density at radius 3 is 2.54 bits per heavy atom. The lowest BCUT2D eigenvalue weighted by atomic mass is 9.96. The molecule has 1 aromatic heterocycles. The summed E-state index contributed by atoms with van der Waals surface area (Å²) < 4.78 is 6.90. The van der Waals surface area contributed by atoms with Gasteiger partial charge in [-0.15, -0.1) is 0 Å². The van der Waals surface area contributed by atoms with Crippen LogP contribution in [0.5, 0.6) is 5.75 Å². The van der Waals surface area contributed by atoms with E-state index in [0.717, 1.165) is 16.8 Å². The van der Waals surface area contributed by atoms with Crippen LogP contribution in [0.3, 0.4) is 0 Å². The first kappa shape index (κ1) is 19.6. The van der Waals surface area contributed by atoms with E-state index < -0.39 is 0 Å². The van der Waals surface area contributed by atoms with E-state index in [9.17, 15) is 9.59 Å². The number of benzene rings is 2. The fourth-order valence-electron chi connectivity index (χ4n) is 3.24. The number of nitrogens with zero attached hydrogens (tertiary/aromatic N) is 2. The lowest BCUT2D eigenvalue weighted by Gasteiger charge is -2.23. The number of aromatic nitrogens is 2. The van der Waals surface area contributed by atoms with Gasteiger partial charge in [-0.1, -0.05) is 38.1 Å². The summed E-state index contributed by atoms with van der Waals surface area (Å²) >= 11 is 0. The minimum absolute atomic E-state index is 0.0564. The van der Waals surface area contributed by atoms with Gasteiger partial charge in [0.05, 0.1) is 31.4 Å². The predicted molar refractivity (Wildman–Crippen MR) is 109 cm³/mol. The van der Waals surface area contributed by atoms with Gasteiger partial charge in [-0.05, 0) is 35.7 Å². The number of para-hydroxylation sites is 1. The van der Waals surface area contributed by atoms with E-state index in [-0.39, 0.29) is 29.7 Å². The molecule has 3 rings (SSSR count). The van der Waals surface area contributed by atoms with E-state index in [1.54, 1.807) is 17.9 Å². The molecule has 1 unspecified atom stereocenters. The van der Waals surface area contributed by atoms with Crippen LogP contribution < -0.4 is 15.5 Å². The third-order valence-corrected chi connectivity index (χ3v) is 4.77. The topological polar surface area (TPSA) is 73.2 Å². The van der Waals surface area contributed by atoms with Crippen molar-refractivity contribution in [3.05, 3.63) is 70.5 Å². The van der Waals surface area contributed by atoms with Gasteiger partial charge in [0.25, 0.3) is 0 Å². The molecule has 1 N–H and O–H groups in total. The molecule has 0 aliphatic carbocycles. The van der Waals surface area contributed by atoms with Crippen molar-refractivity contribution >= 4 is 16.8 Å². The molecule has 0 saturated heterocycles. The Balaban J connectivity index is 1.70. The molecule has 1 heterocycles. The summed E-state index contributed by atoms with van der Waals surface area (Å²) in [5.74, 6) is 0.969. The van der Waals surface area contributed by atoms with E-state index in [1.807, 2.05) is 42.5 Å². The summed E-state index contributed by atoms with van der Waals surface area (Å²) in [4.78, 5) is 24.5. The van der Waals surface area contributed by atoms with E-state index in [0.29, 0.717) is 11.9 Å². The maximum absolute atomic E-state index is 12.6. The molecule has 2 aromatic carbocycles. The molecule has 0 spiro atoms. The minimum atomic E-state index is -0.115. The van der Waals surface area contributed by atoms with Gasteiger partial charge in [0.15, 0.2) is 0 Å². The van der Waals surface area contributed by atoms with Crippen molar-refractivity contribution in [2.75, 3.05) is 7.11 Å². The standard InChI is InChI=1S/C22H25N3O3/c1-15(2)22(16-8-10-17(28-3)11-9-16)24-21(27)12-13-25-19-7-5-4-6-18(19)20(26)14-23-25/h4-11,14-15,22H,12-13H2,1-3H3,(H,24,27). The summed E-state index contributed by atoms with van der Waals surface area (Å²) in [6.07, 6.45) is 1.58. The first-order valence-electron chi connectivity index (χ1n) is 9.37. The number of fused-ring (bicyclic) bond motifs is 1.